The Hall–Kier alpha value is -2.02. The van der Waals surface area contributed by atoms with Crippen LogP contribution in [0, 0.1) is 18.6 Å². The summed E-state index contributed by atoms with van der Waals surface area (Å²) >= 11 is 1.68. The number of guanidine groups is 1. The number of nitrogens with one attached hydrogen (secondary N) is 2. The van der Waals surface area contributed by atoms with Gasteiger partial charge in [0, 0.05) is 48.1 Å². The van der Waals surface area contributed by atoms with Crippen LogP contribution in [0.2, 0.25) is 0 Å². The third-order valence-electron chi connectivity index (χ3n) is 4.09. The molecular weight excluding hydrogens is 342 g/mol. The molecule has 1 saturated carbocycles. The maximum atomic E-state index is 13.9. The molecule has 0 amide bonds. The van der Waals surface area contributed by atoms with Crippen molar-refractivity contribution in [3.05, 3.63) is 51.5 Å². The summed E-state index contributed by atoms with van der Waals surface area (Å²) in [6.07, 6.45) is 3.35. The van der Waals surface area contributed by atoms with Gasteiger partial charge in [-0.25, -0.2) is 13.8 Å². The first-order valence-electron chi connectivity index (χ1n) is 8.48. The zero-order chi connectivity index (χ0) is 17.8. The Kier molecular flexibility index (Phi) is 5.63. The van der Waals surface area contributed by atoms with E-state index in [9.17, 15) is 8.78 Å². The molecule has 1 aliphatic carbocycles. The monoisotopic (exact) mass is 364 g/mol. The Morgan fingerprint density at radius 1 is 1.36 bits per heavy atom. The highest BCUT2D eigenvalue weighted by Crippen LogP contribution is 2.43. The summed E-state index contributed by atoms with van der Waals surface area (Å²) in [6, 6.07) is 4.02. The fourth-order valence-corrected chi connectivity index (χ4v) is 3.59. The number of halogens is 2. The molecule has 4 nitrogen and oxygen atoms in total. The van der Waals surface area contributed by atoms with E-state index in [2.05, 4.69) is 20.6 Å². The van der Waals surface area contributed by atoms with E-state index in [4.69, 9.17) is 0 Å². The van der Waals surface area contributed by atoms with Crippen LogP contribution in [0.25, 0.3) is 0 Å². The predicted octanol–water partition coefficient (Wildman–Crippen LogP) is 3.38. The number of hydrogen-bond donors (Lipinski definition) is 2. The molecule has 3 rings (SSSR count). The number of benzene rings is 1. The van der Waals surface area contributed by atoms with Crippen molar-refractivity contribution in [2.24, 2.45) is 4.99 Å². The van der Waals surface area contributed by atoms with E-state index in [-0.39, 0.29) is 17.5 Å². The van der Waals surface area contributed by atoms with E-state index in [1.807, 2.05) is 20.0 Å². The first-order chi connectivity index (χ1) is 12.1. The van der Waals surface area contributed by atoms with Gasteiger partial charge in [0.1, 0.15) is 11.6 Å². The van der Waals surface area contributed by atoms with Crippen LogP contribution in [0.5, 0.6) is 0 Å². The van der Waals surface area contributed by atoms with Crippen molar-refractivity contribution in [3.8, 4) is 0 Å². The molecule has 2 N–H and O–H groups in total. The zero-order valence-electron chi connectivity index (χ0n) is 14.4. The van der Waals surface area contributed by atoms with E-state index in [0.29, 0.717) is 18.9 Å². The molecule has 0 spiro atoms. The zero-order valence-corrected chi connectivity index (χ0v) is 15.2. The molecule has 0 bridgehead atoms. The minimum absolute atomic E-state index is 0.00584. The predicted molar refractivity (Wildman–Crippen MR) is 97.2 cm³/mol. The van der Waals surface area contributed by atoms with Crippen molar-refractivity contribution in [1.82, 2.24) is 15.6 Å². The molecule has 1 aromatic heterocycles. The molecule has 2 atom stereocenters. The van der Waals surface area contributed by atoms with Gasteiger partial charge < -0.3 is 10.6 Å². The van der Waals surface area contributed by atoms with Crippen molar-refractivity contribution in [2.45, 2.75) is 38.6 Å². The average Bonchev–Trinajstić information content (AvgIpc) is 3.18. The van der Waals surface area contributed by atoms with Gasteiger partial charge in [-0.05, 0) is 32.4 Å². The van der Waals surface area contributed by atoms with Crippen molar-refractivity contribution >= 4 is 17.3 Å². The smallest absolute Gasteiger partial charge is 0.191 e. The van der Waals surface area contributed by atoms with Crippen LogP contribution in [-0.4, -0.2) is 30.1 Å². The third-order valence-corrected chi connectivity index (χ3v) is 5.06. The van der Waals surface area contributed by atoms with Gasteiger partial charge in [0.05, 0.1) is 5.01 Å². The van der Waals surface area contributed by atoms with Crippen molar-refractivity contribution in [3.63, 3.8) is 0 Å². The molecular formula is C18H22F2N4S. The third kappa shape index (κ3) is 4.54. The van der Waals surface area contributed by atoms with E-state index in [1.165, 1.54) is 23.1 Å². The molecule has 1 aromatic carbocycles. The number of aryl methyl sites for hydroxylation is 1. The quantitative estimate of drug-likeness (QED) is 0.610. The van der Waals surface area contributed by atoms with Gasteiger partial charge >= 0.3 is 0 Å². The molecule has 0 radical (unpaired) electrons. The lowest BCUT2D eigenvalue weighted by molar-refractivity contribution is 0.553. The maximum absolute atomic E-state index is 13.9. The molecule has 7 heteroatoms. The molecule has 134 valence electrons. The van der Waals surface area contributed by atoms with Crippen LogP contribution in [0.1, 0.15) is 34.7 Å². The van der Waals surface area contributed by atoms with Gasteiger partial charge in [-0.15, -0.1) is 11.3 Å². The normalized spacial score (nSPS) is 19.8. The molecule has 25 heavy (non-hydrogen) atoms. The number of nitrogens with zero attached hydrogens (tertiary/aromatic N) is 2. The minimum Gasteiger partial charge on any atom is -0.357 e. The minimum atomic E-state index is -0.477. The van der Waals surface area contributed by atoms with Crippen molar-refractivity contribution in [2.75, 3.05) is 13.1 Å². The summed E-state index contributed by atoms with van der Waals surface area (Å²) < 4.78 is 27.7. The fourth-order valence-electron chi connectivity index (χ4n) is 2.81. The van der Waals surface area contributed by atoms with E-state index < -0.39 is 11.6 Å². The lowest BCUT2D eigenvalue weighted by Gasteiger charge is -2.11. The van der Waals surface area contributed by atoms with Gasteiger partial charge in [0.15, 0.2) is 5.96 Å². The summed E-state index contributed by atoms with van der Waals surface area (Å²) in [4.78, 5) is 10.1. The molecule has 0 saturated heterocycles. The van der Waals surface area contributed by atoms with Crippen LogP contribution in [0.3, 0.4) is 0 Å². The van der Waals surface area contributed by atoms with Crippen LogP contribution in [0.15, 0.2) is 29.4 Å². The lowest BCUT2D eigenvalue weighted by Crippen LogP contribution is -2.39. The number of hydrogen-bond acceptors (Lipinski definition) is 3. The number of thiazole rings is 1. The highest BCUT2D eigenvalue weighted by molar-refractivity contribution is 7.11. The SMILES string of the molecule is CCNC(=NCCc1ncc(C)s1)NC1CC1c1c(F)cccc1F. The molecule has 1 aliphatic rings. The van der Waals surface area contributed by atoms with Crippen LogP contribution < -0.4 is 10.6 Å². The largest absolute Gasteiger partial charge is 0.357 e. The Morgan fingerprint density at radius 3 is 2.76 bits per heavy atom. The topological polar surface area (TPSA) is 49.3 Å². The molecule has 1 heterocycles. The fraction of sp³-hybridized carbons (Fsp3) is 0.444. The maximum Gasteiger partial charge on any atom is 0.191 e. The Balaban J connectivity index is 1.58. The second-order valence-corrected chi connectivity index (χ2v) is 7.42. The lowest BCUT2D eigenvalue weighted by atomic mass is 10.1. The summed E-state index contributed by atoms with van der Waals surface area (Å²) in [5, 5.41) is 7.52. The highest BCUT2D eigenvalue weighted by atomic mass is 32.1. The molecule has 2 aromatic rings. The van der Waals surface area contributed by atoms with E-state index >= 15 is 0 Å². The van der Waals surface area contributed by atoms with Gasteiger partial charge in [0.25, 0.3) is 0 Å². The molecule has 1 fully saturated rings. The van der Waals surface area contributed by atoms with Gasteiger partial charge in [-0.1, -0.05) is 6.07 Å². The summed E-state index contributed by atoms with van der Waals surface area (Å²) in [5.41, 5.74) is 0.175. The Morgan fingerprint density at radius 2 is 2.12 bits per heavy atom. The Bertz CT molecular complexity index is 739. The van der Waals surface area contributed by atoms with Gasteiger partial charge in [-0.2, -0.15) is 0 Å². The van der Waals surface area contributed by atoms with Crippen molar-refractivity contribution in [1.29, 1.82) is 0 Å². The van der Waals surface area contributed by atoms with Gasteiger partial charge in [-0.3, -0.25) is 4.99 Å². The van der Waals surface area contributed by atoms with Crippen LogP contribution in [-0.2, 0) is 6.42 Å². The van der Waals surface area contributed by atoms with Crippen LogP contribution >= 0.6 is 11.3 Å². The second kappa shape index (κ2) is 7.91. The van der Waals surface area contributed by atoms with Gasteiger partial charge in [0.2, 0.25) is 0 Å². The molecule has 0 aliphatic heterocycles. The average molecular weight is 364 g/mol. The number of aliphatic imine (C=N–C) groups is 1. The first-order valence-corrected chi connectivity index (χ1v) is 9.30. The van der Waals surface area contributed by atoms with Crippen molar-refractivity contribution < 1.29 is 8.78 Å². The highest BCUT2D eigenvalue weighted by Gasteiger charge is 2.42. The Labute approximate surface area is 150 Å². The van der Waals surface area contributed by atoms with Crippen LogP contribution in [0.4, 0.5) is 8.78 Å². The number of rotatable bonds is 6. The number of aromatic nitrogens is 1. The first kappa shape index (κ1) is 17.8. The van der Waals surface area contributed by atoms with E-state index in [0.717, 1.165) is 18.0 Å². The van der Waals surface area contributed by atoms with E-state index in [1.54, 1.807) is 11.3 Å². The molecule has 2 unspecified atom stereocenters. The summed E-state index contributed by atoms with van der Waals surface area (Å²) in [5.74, 6) is -0.419. The standard InChI is InChI=1S/C18H22F2N4S/c1-3-21-18(22-8-7-16-23-10-11(2)25-16)24-15-9-12(15)17-13(19)5-4-6-14(17)20/h4-6,10,12,15H,3,7-9H2,1-2H3,(H2,21,22,24). The second-order valence-electron chi connectivity index (χ2n) is 6.10. The summed E-state index contributed by atoms with van der Waals surface area (Å²) in [6.45, 7) is 5.37. The summed E-state index contributed by atoms with van der Waals surface area (Å²) in [7, 11) is 0.